The van der Waals surface area contributed by atoms with E-state index in [4.69, 9.17) is 0 Å². The summed E-state index contributed by atoms with van der Waals surface area (Å²) in [6.07, 6.45) is 0.450. The molecule has 35 heavy (non-hydrogen) atoms. The topological polar surface area (TPSA) is 107 Å². The third-order valence-corrected chi connectivity index (χ3v) is 7.68. The number of carbonyl (C=O) groups is 2. The molecule has 0 aliphatic carbocycles. The number of fused-ring (bicyclic) bond motifs is 1. The SMILES string of the molecule is C=CC(=O)NC1CCN(S(=O)(=O)c2ccc(N(Cc3ccccc3)C(=O)O)cc2)c2ccccc21. The van der Waals surface area contributed by atoms with Crippen molar-refractivity contribution in [2.45, 2.75) is 23.9 Å². The summed E-state index contributed by atoms with van der Waals surface area (Å²) in [5.41, 5.74) is 2.38. The first-order valence-electron chi connectivity index (χ1n) is 11.0. The van der Waals surface area contributed by atoms with Gasteiger partial charge in [0.15, 0.2) is 0 Å². The maximum atomic E-state index is 13.5. The molecule has 2 amide bonds. The van der Waals surface area contributed by atoms with E-state index in [1.165, 1.54) is 34.6 Å². The van der Waals surface area contributed by atoms with Crippen LogP contribution < -0.4 is 14.5 Å². The number of benzene rings is 3. The zero-order valence-corrected chi connectivity index (χ0v) is 19.7. The third kappa shape index (κ3) is 5.04. The summed E-state index contributed by atoms with van der Waals surface area (Å²) in [7, 11) is -3.92. The van der Waals surface area contributed by atoms with Crippen LogP contribution in [0.15, 0.2) is 96.4 Å². The minimum Gasteiger partial charge on any atom is -0.465 e. The van der Waals surface area contributed by atoms with Crippen LogP contribution in [0.4, 0.5) is 16.2 Å². The molecule has 0 spiro atoms. The van der Waals surface area contributed by atoms with Crippen LogP contribution in [0.1, 0.15) is 23.6 Å². The molecule has 0 fully saturated rings. The molecule has 1 unspecified atom stereocenters. The summed E-state index contributed by atoms with van der Waals surface area (Å²) in [4.78, 5) is 24.9. The van der Waals surface area contributed by atoms with Crippen molar-refractivity contribution in [2.24, 2.45) is 0 Å². The molecule has 1 heterocycles. The highest BCUT2D eigenvalue weighted by atomic mass is 32.2. The Bertz CT molecular complexity index is 1340. The number of sulfonamides is 1. The molecule has 3 aromatic carbocycles. The second-order valence-electron chi connectivity index (χ2n) is 8.04. The fourth-order valence-electron chi connectivity index (χ4n) is 4.12. The van der Waals surface area contributed by atoms with Gasteiger partial charge in [0.2, 0.25) is 5.91 Å². The van der Waals surface area contributed by atoms with Crippen molar-refractivity contribution in [1.29, 1.82) is 0 Å². The fourth-order valence-corrected chi connectivity index (χ4v) is 5.63. The normalized spacial score (nSPS) is 15.1. The first kappa shape index (κ1) is 24.0. The standard InChI is InChI=1S/C26H25N3O5S/c1-2-25(30)27-23-16-17-29(24-11-7-6-10-22(23)24)35(33,34)21-14-12-20(13-15-21)28(26(31)32)18-19-8-4-3-5-9-19/h2-15,23H,1,16-18H2,(H,27,30)(H,31,32). The van der Waals surface area contributed by atoms with E-state index in [2.05, 4.69) is 11.9 Å². The summed E-state index contributed by atoms with van der Waals surface area (Å²) >= 11 is 0. The van der Waals surface area contributed by atoms with E-state index < -0.39 is 16.1 Å². The average molecular weight is 492 g/mol. The zero-order valence-electron chi connectivity index (χ0n) is 18.9. The van der Waals surface area contributed by atoms with Crippen LogP contribution in [-0.4, -0.2) is 32.1 Å². The van der Waals surface area contributed by atoms with Crippen LogP contribution in [0.5, 0.6) is 0 Å². The summed E-state index contributed by atoms with van der Waals surface area (Å²) in [5.74, 6) is -0.324. The van der Waals surface area contributed by atoms with Crippen LogP contribution in [0.2, 0.25) is 0 Å². The zero-order chi connectivity index (χ0) is 25.0. The lowest BCUT2D eigenvalue weighted by Gasteiger charge is -2.35. The van der Waals surface area contributed by atoms with Gasteiger partial charge in [0.1, 0.15) is 0 Å². The second kappa shape index (κ2) is 10.0. The molecular formula is C26H25N3O5S. The second-order valence-corrected chi connectivity index (χ2v) is 9.90. The number of rotatable bonds is 7. The molecule has 8 nitrogen and oxygen atoms in total. The van der Waals surface area contributed by atoms with Gasteiger partial charge in [-0.3, -0.25) is 14.0 Å². The van der Waals surface area contributed by atoms with Crippen molar-refractivity contribution in [3.05, 3.63) is 103 Å². The number of carboxylic acid groups (broad SMARTS) is 1. The number of para-hydroxylation sites is 1. The Morgan fingerprint density at radius 2 is 1.69 bits per heavy atom. The van der Waals surface area contributed by atoms with Crippen LogP contribution in [0.25, 0.3) is 0 Å². The van der Waals surface area contributed by atoms with Gasteiger partial charge >= 0.3 is 6.09 Å². The van der Waals surface area contributed by atoms with E-state index in [1.807, 2.05) is 30.3 Å². The molecule has 1 aliphatic heterocycles. The summed E-state index contributed by atoms with van der Waals surface area (Å²) in [6.45, 7) is 3.79. The minimum absolute atomic E-state index is 0.0506. The molecule has 2 N–H and O–H groups in total. The molecule has 0 radical (unpaired) electrons. The number of carbonyl (C=O) groups excluding carboxylic acids is 1. The van der Waals surface area contributed by atoms with Crippen molar-refractivity contribution in [1.82, 2.24) is 5.32 Å². The maximum absolute atomic E-state index is 13.5. The van der Waals surface area contributed by atoms with E-state index in [0.29, 0.717) is 23.4 Å². The quantitative estimate of drug-likeness (QED) is 0.479. The van der Waals surface area contributed by atoms with Gasteiger partial charge in [-0.25, -0.2) is 13.2 Å². The van der Waals surface area contributed by atoms with Gasteiger partial charge in [0.05, 0.1) is 23.2 Å². The number of nitrogens with zero attached hydrogens (tertiary/aromatic N) is 2. The van der Waals surface area contributed by atoms with Crippen LogP contribution >= 0.6 is 0 Å². The lowest BCUT2D eigenvalue weighted by molar-refractivity contribution is -0.117. The van der Waals surface area contributed by atoms with Crippen molar-refractivity contribution in [2.75, 3.05) is 15.7 Å². The molecule has 1 atom stereocenters. The minimum atomic E-state index is -3.92. The Kier molecular flexibility index (Phi) is 6.88. The highest BCUT2D eigenvalue weighted by Crippen LogP contribution is 2.37. The van der Waals surface area contributed by atoms with Gasteiger partial charge in [-0.1, -0.05) is 55.1 Å². The molecule has 4 rings (SSSR count). The first-order valence-corrected chi connectivity index (χ1v) is 12.4. The molecule has 9 heteroatoms. The van der Waals surface area contributed by atoms with E-state index in [9.17, 15) is 23.1 Å². The number of hydrogen-bond donors (Lipinski definition) is 2. The summed E-state index contributed by atoms with van der Waals surface area (Å²) < 4.78 is 28.4. The van der Waals surface area contributed by atoms with Crippen molar-refractivity contribution < 1.29 is 23.1 Å². The molecule has 3 aromatic rings. The molecule has 1 aliphatic rings. The summed E-state index contributed by atoms with van der Waals surface area (Å²) in [6, 6.07) is 21.7. The highest BCUT2D eigenvalue weighted by molar-refractivity contribution is 7.92. The lowest BCUT2D eigenvalue weighted by Crippen LogP contribution is -2.40. The predicted molar refractivity (Wildman–Crippen MR) is 134 cm³/mol. The average Bonchev–Trinajstić information content (AvgIpc) is 2.87. The molecular weight excluding hydrogens is 466 g/mol. The largest absolute Gasteiger partial charge is 0.465 e. The van der Waals surface area contributed by atoms with Crippen molar-refractivity contribution in [3.8, 4) is 0 Å². The number of amides is 2. The van der Waals surface area contributed by atoms with E-state index in [-0.39, 0.29) is 29.9 Å². The van der Waals surface area contributed by atoms with Gasteiger partial charge < -0.3 is 10.4 Å². The van der Waals surface area contributed by atoms with Crippen molar-refractivity contribution in [3.63, 3.8) is 0 Å². The van der Waals surface area contributed by atoms with Gasteiger partial charge in [0, 0.05) is 12.2 Å². The van der Waals surface area contributed by atoms with Gasteiger partial charge in [0.25, 0.3) is 10.0 Å². The fraction of sp³-hybridized carbons (Fsp3) is 0.154. The van der Waals surface area contributed by atoms with E-state index >= 15 is 0 Å². The van der Waals surface area contributed by atoms with Crippen LogP contribution in [0, 0.1) is 0 Å². The van der Waals surface area contributed by atoms with Crippen LogP contribution in [-0.2, 0) is 21.4 Å². The molecule has 0 aromatic heterocycles. The Morgan fingerprint density at radius 3 is 2.34 bits per heavy atom. The first-order chi connectivity index (χ1) is 16.8. The smallest absolute Gasteiger partial charge is 0.412 e. The molecule has 0 bridgehead atoms. The van der Waals surface area contributed by atoms with Gasteiger partial charge in [-0.15, -0.1) is 0 Å². The maximum Gasteiger partial charge on any atom is 0.412 e. The molecule has 0 saturated carbocycles. The third-order valence-electron chi connectivity index (χ3n) is 5.85. The number of nitrogens with one attached hydrogen (secondary N) is 1. The van der Waals surface area contributed by atoms with E-state index in [1.54, 1.807) is 24.3 Å². The molecule has 180 valence electrons. The monoisotopic (exact) mass is 491 g/mol. The Morgan fingerprint density at radius 1 is 1.03 bits per heavy atom. The van der Waals surface area contributed by atoms with Gasteiger partial charge in [-0.2, -0.15) is 0 Å². The Hall–Kier alpha value is -4.11. The van der Waals surface area contributed by atoms with E-state index in [0.717, 1.165) is 10.5 Å². The Labute approximate surface area is 204 Å². The molecule has 0 saturated heterocycles. The Balaban J connectivity index is 1.61. The number of anilines is 2. The lowest BCUT2D eigenvalue weighted by atomic mass is 9.98. The van der Waals surface area contributed by atoms with Gasteiger partial charge in [-0.05, 0) is 54.0 Å². The highest BCUT2D eigenvalue weighted by Gasteiger charge is 2.33. The van der Waals surface area contributed by atoms with Crippen molar-refractivity contribution >= 4 is 33.4 Å². The predicted octanol–water partition coefficient (Wildman–Crippen LogP) is 4.31. The van der Waals surface area contributed by atoms with Crippen LogP contribution in [0.3, 0.4) is 0 Å². The number of hydrogen-bond acceptors (Lipinski definition) is 4. The summed E-state index contributed by atoms with van der Waals surface area (Å²) in [5, 5.41) is 12.5.